The first-order valence-electron chi connectivity index (χ1n) is 15.9. The van der Waals surface area contributed by atoms with Crippen LogP contribution in [-0.4, -0.2) is 44.8 Å². The van der Waals surface area contributed by atoms with Crippen LogP contribution in [0.4, 0.5) is 22.0 Å². The van der Waals surface area contributed by atoms with Gasteiger partial charge in [-0.25, -0.2) is 0 Å². The third-order valence-electron chi connectivity index (χ3n) is 11.9. The number of aryl methyl sites for hydroxylation is 1. The van der Waals surface area contributed by atoms with Crippen molar-refractivity contribution < 1.29 is 36.2 Å². The van der Waals surface area contributed by atoms with Crippen LogP contribution < -0.4 is 4.74 Å². The van der Waals surface area contributed by atoms with Crippen molar-refractivity contribution in [3.63, 3.8) is 0 Å². The van der Waals surface area contributed by atoms with Gasteiger partial charge in [0.05, 0.1) is 13.2 Å². The van der Waals surface area contributed by atoms with Crippen molar-refractivity contribution in [2.45, 2.75) is 134 Å². The number of benzene rings is 1. The van der Waals surface area contributed by atoms with Gasteiger partial charge in [-0.2, -0.15) is 22.0 Å². The first-order valence-corrected chi connectivity index (χ1v) is 18.8. The number of halogens is 5. The highest BCUT2D eigenvalue weighted by molar-refractivity contribution is 6.74. The Balaban J connectivity index is 1.66. The molecule has 2 saturated carbocycles. The molecule has 7 atom stereocenters. The first kappa shape index (κ1) is 34.4. The van der Waals surface area contributed by atoms with E-state index in [4.69, 9.17) is 9.16 Å². The van der Waals surface area contributed by atoms with Crippen LogP contribution in [-0.2, 0) is 10.8 Å². The minimum Gasteiger partial charge on any atom is -0.497 e. The van der Waals surface area contributed by atoms with E-state index in [0.29, 0.717) is 18.8 Å². The molecule has 2 fully saturated rings. The molecule has 43 heavy (non-hydrogen) atoms. The van der Waals surface area contributed by atoms with Crippen LogP contribution in [0.3, 0.4) is 0 Å². The molecule has 1 aromatic rings. The van der Waals surface area contributed by atoms with Gasteiger partial charge >= 0.3 is 12.1 Å². The number of alkyl halides is 5. The van der Waals surface area contributed by atoms with E-state index in [1.807, 2.05) is 6.07 Å². The van der Waals surface area contributed by atoms with Gasteiger partial charge in [-0.05, 0) is 115 Å². The minimum atomic E-state index is -5.77. The number of hydrogen-bond acceptors (Lipinski definition) is 3. The summed E-state index contributed by atoms with van der Waals surface area (Å²) in [5.74, 6) is -3.61. The van der Waals surface area contributed by atoms with Crippen molar-refractivity contribution in [1.29, 1.82) is 0 Å². The highest BCUT2D eigenvalue weighted by atomic mass is 28.4. The average Bonchev–Trinajstić information content (AvgIpc) is 3.24. The Kier molecular flexibility index (Phi) is 9.38. The monoisotopic (exact) mass is 630 g/mol. The lowest BCUT2D eigenvalue weighted by atomic mass is 9.44. The van der Waals surface area contributed by atoms with Gasteiger partial charge in [0.15, 0.2) is 8.32 Å². The summed E-state index contributed by atoms with van der Waals surface area (Å²) in [6.07, 6.45) is -0.822. The molecule has 4 rings (SSSR count). The van der Waals surface area contributed by atoms with Gasteiger partial charge in [0.2, 0.25) is 0 Å². The number of methoxy groups -OCH3 is 1. The number of aliphatic hydroxyl groups excluding tert-OH is 1. The summed E-state index contributed by atoms with van der Waals surface area (Å²) in [6.45, 7) is 18.1. The molecule has 3 aliphatic carbocycles. The van der Waals surface area contributed by atoms with E-state index in [1.54, 1.807) is 7.11 Å². The Morgan fingerprint density at radius 1 is 1.12 bits per heavy atom. The fourth-order valence-corrected chi connectivity index (χ4v) is 10.1. The predicted molar refractivity (Wildman–Crippen MR) is 163 cm³/mol. The number of hydrogen-bond donors (Lipinski definition) is 1. The normalized spacial score (nSPS) is 32.0. The summed E-state index contributed by atoms with van der Waals surface area (Å²) in [5, 5.41) is 9.83. The number of allylic oxidation sites excluding steroid dienone is 1. The third kappa shape index (κ3) is 5.96. The second-order valence-corrected chi connectivity index (χ2v) is 20.0. The molecule has 0 aliphatic heterocycles. The summed E-state index contributed by atoms with van der Waals surface area (Å²) < 4.78 is 78.5. The molecule has 0 heterocycles. The summed E-state index contributed by atoms with van der Waals surface area (Å²) in [7, 11) is -0.411. The Bertz CT molecular complexity index is 1160. The largest absolute Gasteiger partial charge is 0.497 e. The number of aliphatic hydroxyl groups is 1. The van der Waals surface area contributed by atoms with E-state index in [1.165, 1.54) is 11.1 Å². The van der Waals surface area contributed by atoms with E-state index in [9.17, 15) is 27.1 Å². The topological polar surface area (TPSA) is 38.7 Å². The number of ether oxygens (including phenoxy) is 1. The number of rotatable bonds is 10. The van der Waals surface area contributed by atoms with Crippen molar-refractivity contribution in [1.82, 2.24) is 0 Å². The molecule has 0 unspecified atom stereocenters. The predicted octanol–water partition coefficient (Wildman–Crippen LogP) is 9.84. The molecule has 3 aliphatic rings. The Morgan fingerprint density at radius 2 is 1.79 bits per heavy atom. The zero-order valence-corrected chi connectivity index (χ0v) is 27.9. The lowest BCUT2D eigenvalue weighted by molar-refractivity contribution is -0.313. The Hall–Kier alpha value is -1.45. The van der Waals surface area contributed by atoms with Crippen LogP contribution in [0.2, 0.25) is 18.1 Å². The molecule has 244 valence electrons. The van der Waals surface area contributed by atoms with E-state index >= 15 is 0 Å². The minimum absolute atomic E-state index is 0.0658. The van der Waals surface area contributed by atoms with Crippen LogP contribution in [0.1, 0.15) is 96.1 Å². The van der Waals surface area contributed by atoms with Gasteiger partial charge in [-0.3, -0.25) is 0 Å². The van der Waals surface area contributed by atoms with Gasteiger partial charge in [0.25, 0.3) is 0 Å². The van der Waals surface area contributed by atoms with Gasteiger partial charge < -0.3 is 14.3 Å². The highest BCUT2D eigenvalue weighted by Gasteiger charge is 2.65. The second kappa shape index (κ2) is 11.7. The fourth-order valence-electron chi connectivity index (χ4n) is 8.63. The number of fused-ring (bicyclic) bond motifs is 5. The molecule has 9 heteroatoms. The molecule has 0 bridgehead atoms. The summed E-state index contributed by atoms with van der Waals surface area (Å²) >= 11 is 0. The van der Waals surface area contributed by atoms with E-state index in [-0.39, 0.29) is 40.2 Å². The van der Waals surface area contributed by atoms with Crippen LogP contribution in [0.15, 0.2) is 30.9 Å². The van der Waals surface area contributed by atoms with Crippen LogP contribution in [0.5, 0.6) is 5.75 Å². The summed E-state index contributed by atoms with van der Waals surface area (Å²) in [5.41, 5.74) is 2.24. The standard InChI is InChI=1S/C34H51F5O3Si/c1-9-32-19-18-22-20-24(41-6)14-15-25(22)29(32)23(12-10-11-13-27(40)33(35,36)34(37,38)39)21-31(5)26(32)16-17-28(31)42-43(7,8)30(2,3)4/h9,14-15,20,23,26-29,40H,1,10-13,16-19,21H2,2-8H3/t23-,26+,27+,28-,29+,31-,32+/m0/s1. The highest BCUT2D eigenvalue weighted by Crippen LogP contribution is 2.70. The zero-order valence-electron chi connectivity index (χ0n) is 26.9. The molecule has 0 amide bonds. The molecule has 1 aromatic carbocycles. The van der Waals surface area contributed by atoms with Crippen molar-refractivity contribution in [3.8, 4) is 5.75 Å². The lowest BCUT2D eigenvalue weighted by Gasteiger charge is -2.61. The van der Waals surface area contributed by atoms with Crippen molar-refractivity contribution in [2.75, 3.05) is 7.11 Å². The van der Waals surface area contributed by atoms with Crippen molar-refractivity contribution >= 4 is 8.32 Å². The molecule has 0 spiro atoms. The summed E-state index contributed by atoms with van der Waals surface area (Å²) in [6, 6.07) is 6.27. The maximum atomic E-state index is 13.7. The first-order chi connectivity index (χ1) is 19.7. The maximum Gasteiger partial charge on any atom is 0.456 e. The molecule has 3 nitrogen and oxygen atoms in total. The maximum absolute atomic E-state index is 13.7. The SMILES string of the molecule is C=C[C@]12CCc3cc(OC)ccc3[C@H]1[C@@H](CCCC[C@@H](O)C(F)(F)C(F)(F)F)C[C@]1(C)[C@@H](O[Si](C)(C)C(C)(C)C)CC[C@H]12. The molecular weight excluding hydrogens is 579 g/mol. The van der Waals surface area contributed by atoms with E-state index in [2.05, 4.69) is 65.6 Å². The Labute approximate surface area is 255 Å². The van der Waals surface area contributed by atoms with Crippen molar-refractivity contribution in [3.05, 3.63) is 42.0 Å². The zero-order chi connectivity index (χ0) is 32.2. The average molecular weight is 631 g/mol. The van der Waals surface area contributed by atoms with E-state index < -0.39 is 32.9 Å². The van der Waals surface area contributed by atoms with Crippen LogP contribution in [0, 0.1) is 22.7 Å². The van der Waals surface area contributed by atoms with Gasteiger partial charge in [-0.1, -0.05) is 52.7 Å². The molecule has 0 aromatic heterocycles. The van der Waals surface area contributed by atoms with Gasteiger partial charge in [0, 0.05) is 0 Å². The number of unbranched alkanes of at least 4 members (excludes halogenated alkanes) is 1. The molecular formula is C34H51F5O3Si. The fraction of sp³-hybridized carbons (Fsp3) is 0.765. The Morgan fingerprint density at radius 3 is 2.37 bits per heavy atom. The molecule has 0 saturated heterocycles. The van der Waals surface area contributed by atoms with Crippen LogP contribution >= 0.6 is 0 Å². The quantitative estimate of drug-likeness (QED) is 0.121. The smallest absolute Gasteiger partial charge is 0.456 e. The third-order valence-corrected chi connectivity index (χ3v) is 16.4. The lowest BCUT2D eigenvalue weighted by Crippen LogP contribution is -2.56. The second-order valence-electron chi connectivity index (χ2n) is 15.2. The molecule has 0 radical (unpaired) electrons. The van der Waals surface area contributed by atoms with Crippen molar-refractivity contribution in [2.24, 2.45) is 22.7 Å². The summed E-state index contributed by atoms with van der Waals surface area (Å²) in [4.78, 5) is 0. The van der Waals surface area contributed by atoms with E-state index in [0.717, 1.165) is 37.9 Å². The van der Waals surface area contributed by atoms with Crippen LogP contribution in [0.25, 0.3) is 0 Å². The van der Waals surface area contributed by atoms with Gasteiger partial charge in [0.1, 0.15) is 11.9 Å². The molecule has 1 N–H and O–H groups in total. The van der Waals surface area contributed by atoms with Gasteiger partial charge in [-0.15, -0.1) is 6.58 Å².